The molecule has 2 amide bonds. The van der Waals surface area contributed by atoms with Crippen LogP contribution in [0.5, 0.6) is 0 Å². The van der Waals surface area contributed by atoms with Crippen molar-refractivity contribution in [2.75, 3.05) is 18.5 Å². The highest BCUT2D eigenvalue weighted by molar-refractivity contribution is 7.90. The Hall–Kier alpha value is -2.09. The predicted molar refractivity (Wildman–Crippen MR) is 65.5 cm³/mol. The van der Waals surface area contributed by atoms with Gasteiger partial charge in [-0.3, -0.25) is 9.59 Å². The van der Waals surface area contributed by atoms with E-state index in [0.29, 0.717) is 0 Å². The van der Waals surface area contributed by atoms with Crippen LogP contribution < -0.4 is 16.8 Å². The number of carbonyl (C=O) groups excluding carboxylic acids is 2. The summed E-state index contributed by atoms with van der Waals surface area (Å²) in [4.78, 5) is 22.1. The van der Waals surface area contributed by atoms with E-state index in [-0.39, 0.29) is 22.7 Å². The van der Waals surface area contributed by atoms with Crippen molar-refractivity contribution in [3.8, 4) is 0 Å². The van der Waals surface area contributed by atoms with Crippen molar-refractivity contribution in [3.05, 3.63) is 23.8 Å². The van der Waals surface area contributed by atoms with E-state index < -0.39 is 21.7 Å². The predicted octanol–water partition coefficient (Wildman–Crippen LogP) is -1.11. The van der Waals surface area contributed by atoms with E-state index in [1.54, 1.807) is 0 Å². The summed E-state index contributed by atoms with van der Waals surface area (Å²) in [6.45, 7) is -0.332. The Morgan fingerprint density at radius 3 is 2.39 bits per heavy atom. The molecule has 0 radical (unpaired) electrons. The maximum atomic E-state index is 11.6. The van der Waals surface area contributed by atoms with Crippen molar-refractivity contribution >= 4 is 27.3 Å². The number of carbonyl (C=O) groups is 2. The average molecular weight is 271 g/mol. The Labute approximate surface area is 104 Å². The minimum Gasteiger partial charge on any atom is -0.399 e. The topological polar surface area (TPSA) is 132 Å². The van der Waals surface area contributed by atoms with Crippen LogP contribution in [0.4, 0.5) is 5.69 Å². The Morgan fingerprint density at radius 2 is 1.89 bits per heavy atom. The van der Waals surface area contributed by atoms with Crippen LogP contribution in [0.15, 0.2) is 23.1 Å². The normalized spacial score (nSPS) is 10.9. The summed E-state index contributed by atoms with van der Waals surface area (Å²) in [5.74, 6) is -1.32. The molecule has 1 rings (SSSR count). The van der Waals surface area contributed by atoms with Gasteiger partial charge in [-0.05, 0) is 18.2 Å². The molecule has 98 valence electrons. The number of rotatable bonds is 4. The van der Waals surface area contributed by atoms with Gasteiger partial charge in [-0.2, -0.15) is 0 Å². The monoisotopic (exact) mass is 271 g/mol. The van der Waals surface area contributed by atoms with E-state index in [4.69, 9.17) is 11.5 Å². The number of nitrogens with one attached hydrogen (secondary N) is 1. The third kappa shape index (κ3) is 3.74. The fourth-order valence-electron chi connectivity index (χ4n) is 1.24. The minimum atomic E-state index is -3.46. The summed E-state index contributed by atoms with van der Waals surface area (Å²) < 4.78 is 22.7. The number of nitrogens with two attached hydrogens (primary N) is 2. The molecule has 0 unspecified atom stereocenters. The van der Waals surface area contributed by atoms with E-state index in [0.717, 1.165) is 6.26 Å². The first-order valence-corrected chi connectivity index (χ1v) is 6.76. The summed E-state index contributed by atoms with van der Waals surface area (Å²) in [6.07, 6.45) is 1.01. The summed E-state index contributed by atoms with van der Waals surface area (Å²) in [6, 6.07) is 3.74. The molecule has 0 aliphatic carbocycles. The van der Waals surface area contributed by atoms with E-state index in [2.05, 4.69) is 5.32 Å². The lowest BCUT2D eigenvalue weighted by Gasteiger charge is -2.06. The summed E-state index contributed by atoms with van der Waals surface area (Å²) in [5.41, 5.74) is 10.6. The highest BCUT2D eigenvalue weighted by Crippen LogP contribution is 2.16. The molecular weight excluding hydrogens is 258 g/mol. The van der Waals surface area contributed by atoms with Crippen molar-refractivity contribution in [3.63, 3.8) is 0 Å². The van der Waals surface area contributed by atoms with Crippen molar-refractivity contribution in [2.24, 2.45) is 5.73 Å². The first kappa shape index (κ1) is 14.0. The second-order valence-corrected chi connectivity index (χ2v) is 5.73. The summed E-state index contributed by atoms with van der Waals surface area (Å²) in [5, 5.41) is 2.24. The van der Waals surface area contributed by atoms with Crippen LogP contribution in [0, 0.1) is 0 Å². The van der Waals surface area contributed by atoms with Gasteiger partial charge >= 0.3 is 0 Å². The van der Waals surface area contributed by atoms with Gasteiger partial charge in [0.1, 0.15) is 0 Å². The lowest BCUT2D eigenvalue weighted by atomic mass is 10.2. The van der Waals surface area contributed by atoms with Gasteiger partial charge in [-0.15, -0.1) is 0 Å². The molecular formula is C10H13N3O4S. The molecule has 0 saturated heterocycles. The van der Waals surface area contributed by atoms with Crippen LogP contribution in [0.2, 0.25) is 0 Å². The van der Waals surface area contributed by atoms with Crippen molar-refractivity contribution in [1.29, 1.82) is 0 Å². The number of primary amides is 1. The maximum absolute atomic E-state index is 11.6. The lowest BCUT2D eigenvalue weighted by molar-refractivity contribution is -0.117. The smallest absolute Gasteiger partial charge is 0.251 e. The van der Waals surface area contributed by atoms with Crippen LogP contribution in [-0.2, 0) is 14.6 Å². The SMILES string of the molecule is CS(=O)(=O)c1cc(N)cc(C(=O)NCC(N)=O)c1. The Bertz CT molecular complexity index is 595. The zero-order chi connectivity index (χ0) is 13.9. The van der Waals surface area contributed by atoms with Crippen molar-refractivity contribution < 1.29 is 18.0 Å². The van der Waals surface area contributed by atoms with Gasteiger partial charge in [0.05, 0.1) is 11.4 Å². The Morgan fingerprint density at radius 1 is 1.28 bits per heavy atom. The Balaban J connectivity index is 3.07. The second-order valence-electron chi connectivity index (χ2n) is 3.71. The molecule has 0 bridgehead atoms. The zero-order valence-electron chi connectivity index (χ0n) is 9.64. The van der Waals surface area contributed by atoms with Crippen molar-refractivity contribution in [1.82, 2.24) is 5.32 Å². The molecule has 18 heavy (non-hydrogen) atoms. The van der Waals surface area contributed by atoms with Gasteiger partial charge in [0, 0.05) is 17.5 Å². The molecule has 5 N–H and O–H groups in total. The van der Waals surface area contributed by atoms with Gasteiger partial charge in [0.25, 0.3) is 5.91 Å². The molecule has 0 aliphatic rings. The molecule has 0 aliphatic heterocycles. The van der Waals surface area contributed by atoms with Gasteiger partial charge < -0.3 is 16.8 Å². The summed E-state index contributed by atoms with van der Waals surface area (Å²) in [7, 11) is -3.46. The van der Waals surface area contributed by atoms with E-state index in [1.807, 2.05) is 0 Å². The molecule has 0 spiro atoms. The van der Waals surface area contributed by atoms with Crippen LogP contribution >= 0.6 is 0 Å². The number of amides is 2. The van der Waals surface area contributed by atoms with Crippen LogP contribution in [0.25, 0.3) is 0 Å². The average Bonchev–Trinajstić information content (AvgIpc) is 2.23. The maximum Gasteiger partial charge on any atom is 0.251 e. The quantitative estimate of drug-likeness (QED) is 0.597. The molecule has 0 aromatic heterocycles. The molecule has 0 saturated carbocycles. The van der Waals surface area contributed by atoms with Gasteiger partial charge in [0.2, 0.25) is 5.91 Å². The lowest BCUT2D eigenvalue weighted by Crippen LogP contribution is -2.33. The highest BCUT2D eigenvalue weighted by atomic mass is 32.2. The van der Waals surface area contributed by atoms with Crippen molar-refractivity contribution in [2.45, 2.75) is 4.90 Å². The number of hydrogen-bond donors (Lipinski definition) is 3. The molecule has 0 atom stereocenters. The largest absolute Gasteiger partial charge is 0.399 e. The fourth-order valence-corrected chi connectivity index (χ4v) is 1.93. The third-order valence-electron chi connectivity index (χ3n) is 2.04. The zero-order valence-corrected chi connectivity index (χ0v) is 10.5. The van der Waals surface area contributed by atoms with Crippen LogP contribution in [0.3, 0.4) is 0 Å². The van der Waals surface area contributed by atoms with E-state index >= 15 is 0 Å². The minimum absolute atomic E-state index is 0.0525. The van der Waals surface area contributed by atoms with E-state index in [1.165, 1.54) is 18.2 Å². The molecule has 7 nitrogen and oxygen atoms in total. The van der Waals surface area contributed by atoms with Gasteiger partial charge in [0.15, 0.2) is 9.84 Å². The van der Waals surface area contributed by atoms with E-state index in [9.17, 15) is 18.0 Å². The highest BCUT2D eigenvalue weighted by Gasteiger charge is 2.13. The standard InChI is InChI=1S/C10H13N3O4S/c1-18(16,17)8-3-6(2-7(11)4-8)10(15)13-5-9(12)14/h2-4H,5,11H2,1H3,(H2,12,14)(H,13,15). The first-order chi connectivity index (χ1) is 8.20. The number of hydrogen-bond acceptors (Lipinski definition) is 5. The molecule has 0 fully saturated rings. The molecule has 1 aromatic rings. The van der Waals surface area contributed by atoms with Gasteiger partial charge in [-0.25, -0.2) is 8.42 Å². The fraction of sp³-hybridized carbons (Fsp3) is 0.200. The van der Waals surface area contributed by atoms with Gasteiger partial charge in [-0.1, -0.05) is 0 Å². The molecule has 0 heterocycles. The number of benzene rings is 1. The second kappa shape index (κ2) is 5.05. The third-order valence-corrected chi connectivity index (χ3v) is 3.13. The Kier molecular flexibility index (Phi) is 3.92. The van der Waals surface area contributed by atoms with Crippen LogP contribution in [-0.4, -0.2) is 33.0 Å². The number of nitrogen functional groups attached to an aromatic ring is 1. The number of anilines is 1. The summed E-state index contributed by atoms with van der Waals surface area (Å²) >= 11 is 0. The molecule has 8 heteroatoms. The molecule has 1 aromatic carbocycles. The first-order valence-electron chi connectivity index (χ1n) is 4.87. The van der Waals surface area contributed by atoms with Crippen LogP contribution in [0.1, 0.15) is 10.4 Å². The number of sulfone groups is 1.